The zero-order valence-corrected chi connectivity index (χ0v) is 15.7. The molecular formula is C21H28N2O3. The van der Waals surface area contributed by atoms with Crippen LogP contribution in [0, 0.1) is 16.7 Å². The molecule has 1 aromatic rings. The Labute approximate surface area is 155 Å². The Kier molecular flexibility index (Phi) is 4.82. The fourth-order valence-electron chi connectivity index (χ4n) is 4.64. The van der Waals surface area contributed by atoms with Gasteiger partial charge in [-0.3, -0.25) is 9.59 Å². The Bertz CT molecular complexity index is 723. The number of benzene rings is 1. The maximum Gasteiger partial charge on any atom is 0.255 e. The third-order valence-corrected chi connectivity index (χ3v) is 6.80. The molecular weight excluding hydrogens is 328 g/mol. The highest BCUT2D eigenvalue weighted by atomic mass is 16.5. The van der Waals surface area contributed by atoms with Crippen LogP contribution < -0.4 is 15.8 Å². The van der Waals surface area contributed by atoms with E-state index in [1.54, 1.807) is 24.3 Å². The van der Waals surface area contributed by atoms with Gasteiger partial charge in [-0.25, -0.2) is 0 Å². The molecule has 0 spiro atoms. The summed E-state index contributed by atoms with van der Waals surface area (Å²) < 4.78 is 5.22. The van der Waals surface area contributed by atoms with E-state index < -0.39 is 5.91 Å². The minimum absolute atomic E-state index is 0.0476. The second-order valence-electron chi connectivity index (χ2n) is 8.33. The van der Waals surface area contributed by atoms with Crippen LogP contribution in [0.5, 0.6) is 5.75 Å². The van der Waals surface area contributed by atoms with E-state index in [4.69, 9.17) is 10.5 Å². The van der Waals surface area contributed by atoms with Gasteiger partial charge >= 0.3 is 0 Å². The summed E-state index contributed by atoms with van der Waals surface area (Å²) in [5.41, 5.74) is 6.41. The first-order valence-electron chi connectivity index (χ1n) is 9.22. The van der Waals surface area contributed by atoms with Crippen LogP contribution in [0.25, 0.3) is 6.08 Å². The van der Waals surface area contributed by atoms with Gasteiger partial charge in [-0.15, -0.1) is 0 Å². The molecule has 0 aliphatic heterocycles. The lowest BCUT2D eigenvalue weighted by Crippen LogP contribution is -2.46. The molecule has 140 valence electrons. The third-order valence-electron chi connectivity index (χ3n) is 6.80. The zero-order chi connectivity index (χ0) is 18.9. The summed E-state index contributed by atoms with van der Waals surface area (Å²) in [5, 5.41) is 3.22. The molecule has 2 aliphatic rings. The van der Waals surface area contributed by atoms with Crippen molar-refractivity contribution in [1.29, 1.82) is 0 Å². The summed E-state index contributed by atoms with van der Waals surface area (Å²) in [6, 6.07) is 7.42. The highest BCUT2D eigenvalue weighted by Crippen LogP contribution is 2.65. The topological polar surface area (TPSA) is 81.4 Å². The van der Waals surface area contributed by atoms with E-state index >= 15 is 0 Å². The highest BCUT2D eigenvalue weighted by molar-refractivity contribution is 5.92. The van der Waals surface area contributed by atoms with E-state index in [9.17, 15) is 9.59 Å². The lowest BCUT2D eigenvalue weighted by Gasteiger charge is -2.39. The number of hydrogen-bond donors (Lipinski definition) is 2. The molecule has 3 unspecified atom stereocenters. The molecule has 0 radical (unpaired) electrons. The standard InChI is InChI=1S/C21H28N2O3/c1-20(2)15-10-11-21(20,3)17(12-15)23-19(25)9-6-14-4-7-16(8-5-14)26-13-18(22)24/h4-9,15,17H,10-13H2,1-3H3,(H2,22,24)(H,23,25). The molecule has 26 heavy (non-hydrogen) atoms. The molecule has 0 saturated heterocycles. The Morgan fingerprint density at radius 2 is 1.96 bits per heavy atom. The Hall–Kier alpha value is -2.30. The van der Waals surface area contributed by atoms with Gasteiger partial charge in [0.05, 0.1) is 0 Å². The van der Waals surface area contributed by atoms with E-state index in [1.807, 2.05) is 12.1 Å². The van der Waals surface area contributed by atoms with Crippen molar-refractivity contribution in [1.82, 2.24) is 5.32 Å². The van der Waals surface area contributed by atoms with E-state index in [1.165, 1.54) is 12.8 Å². The summed E-state index contributed by atoms with van der Waals surface area (Å²) >= 11 is 0. The fourth-order valence-corrected chi connectivity index (χ4v) is 4.64. The Morgan fingerprint density at radius 1 is 1.27 bits per heavy atom. The highest BCUT2D eigenvalue weighted by Gasteiger charge is 2.61. The Morgan fingerprint density at radius 3 is 2.50 bits per heavy atom. The number of rotatable bonds is 6. The van der Waals surface area contributed by atoms with Crippen LogP contribution in [0.15, 0.2) is 30.3 Å². The van der Waals surface area contributed by atoms with Crippen LogP contribution in [0.4, 0.5) is 0 Å². The first-order valence-corrected chi connectivity index (χ1v) is 9.22. The summed E-state index contributed by atoms with van der Waals surface area (Å²) in [4.78, 5) is 23.1. The summed E-state index contributed by atoms with van der Waals surface area (Å²) in [7, 11) is 0. The van der Waals surface area contributed by atoms with Crippen LogP contribution >= 0.6 is 0 Å². The molecule has 5 nitrogen and oxygen atoms in total. The van der Waals surface area contributed by atoms with Crippen molar-refractivity contribution in [3.05, 3.63) is 35.9 Å². The van der Waals surface area contributed by atoms with Gasteiger partial charge in [0.2, 0.25) is 5.91 Å². The van der Waals surface area contributed by atoms with Crippen LogP contribution in [0.3, 0.4) is 0 Å². The lowest BCUT2D eigenvalue weighted by molar-refractivity contribution is -0.120. The monoisotopic (exact) mass is 356 g/mol. The molecule has 0 aromatic heterocycles. The lowest BCUT2D eigenvalue weighted by atomic mass is 9.69. The largest absolute Gasteiger partial charge is 0.484 e. The maximum absolute atomic E-state index is 12.4. The number of nitrogens with one attached hydrogen (secondary N) is 1. The molecule has 2 fully saturated rings. The van der Waals surface area contributed by atoms with Crippen molar-refractivity contribution in [2.75, 3.05) is 6.61 Å². The van der Waals surface area contributed by atoms with Gasteiger partial charge in [-0.05, 0) is 59.8 Å². The normalized spacial score (nSPS) is 29.0. The summed E-state index contributed by atoms with van der Waals surface area (Å²) in [5.74, 6) is 0.717. The van der Waals surface area contributed by atoms with Gasteiger partial charge in [0.1, 0.15) is 5.75 Å². The number of carbonyl (C=O) groups excluding carboxylic acids is 2. The van der Waals surface area contributed by atoms with Crippen LogP contribution in [0.1, 0.15) is 45.6 Å². The van der Waals surface area contributed by atoms with Crippen molar-refractivity contribution in [2.45, 2.75) is 46.1 Å². The smallest absolute Gasteiger partial charge is 0.255 e. The van der Waals surface area contributed by atoms with Crippen LogP contribution in [-0.4, -0.2) is 24.5 Å². The van der Waals surface area contributed by atoms with Gasteiger partial charge in [0.15, 0.2) is 6.61 Å². The SMILES string of the molecule is CC1(C)C2CCC1(C)C(NC(=O)C=Cc1ccc(OCC(N)=O)cc1)C2. The molecule has 2 saturated carbocycles. The predicted octanol–water partition coefficient (Wildman–Crippen LogP) is 2.89. The number of amides is 2. The third kappa shape index (κ3) is 3.35. The predicted molar refractivity (Wildman–Crippen MR) is 101 cm³/mol. The molecule has 2 bridgehead atoms. The van der Waals surface area contributed by atoms with E-state index in [2.05, 4.69) is 26.1 Å². The Balaban J connectivity index is 1.56. The fraction of sp³-hybridized carbons (Fsp3) is 0.524. The van der Waals surface area contributed by atoms with E-state index in [-0.39, 0.29) is 29.4 Å². The van der Waals surface area contributed by atoms with E-state index in [0.717, 1.165) is 12.0 Å². The van der Waals surface area contributed by atoms with Gasteiger partial charge < -0.3 is 15.8 Å². The maximum atomic E-state index is 12.4. The number of carbonyl (C=O) groups is 2. The number of ether oxygens (including phenoxy) is 1. The van der Waals surface area contributed by atoms with Gasteiger partial charge in [-0.2, -0.15) is 0 Å². The molecule has 1 aromatic carbocycles. The molecule has 0 heterocycles. The molecule has 3 rings (SSSR count). The zero-order valence-electron chi connectivity index (χ0n) is 15.7. The average Bonchev–Trinajstić information content (AvgIpc) is 2.92. The summed E-state index contributed by atoms with van der Waals surface area (Å²) in [6.07, 6.45) is 6.91. The number of fused-ring (bicyclic) bond motifs is 2. The quantitative estimate of drug-likeness (QED) is 0.769. The first kappa shape index (κ1) is 18.5. The summed E-state index contributed by atoms with van der Waals surface area (Å²) in [6.45, 7) is 6.86. The van der Waals surface area contributed by atoms with Crippen molar-refractivity contribution in [3.63, 3.8) is 0 Å². The van der Waals surface area contributed by atoms with E-state index in [0.29, 0.717) is 11.7 Å². The molecule has 3 atom stereocenters. The van der Waals surface area contributed by atoms with Crippen molar-refractivity contribution in [2.24, 2.45) is 22.5 Å². The van der Waals surface area contributed by atoms with Crippen molar-refractivity contribution < 1.29 is 14.3 Å². The van der Waals surface area contributed by atoms with Crippen molar-refractivity contribution in [3.8, 4) is 5.75 Å². The number of hydrogen-bond acceptors (Lipinski definition) is 3. The first-order chi connectivity index (χ1) is 12.2. The van der Waals surface area contributed by atoms with Crippen molar-refractivity contribution >= 4 is 17.9 Å². The van der Waals surface area contributed by atoms with Gasteiger partial charge in [0, 0.05) is 12.1 Å². The number of nitrogens with two attached hydrogens (primary N) is 1. The van der Waals surface area contributed by atoms with Crippen LogP contribution in [-0.2, 0) is 9.59 Å². The van der Waals surface area contributed by atoms with Crippen LogP contribution in [0.2, 0.25) is 0 Å². The minimum atomic E-state index is -0.511. The van der Waals surface area contributed by atoms with Gasteiger partial charge in [0.25, 0.3) is 5.91 Å². The second kappa shape index (κ2) is 6.78. The molecule has 2 aliphatic carbocycles. The minimum Gasteiger partial charge on any atom is -0.484 e. The average molecular weight is 356 g/mol. The number of primary amides is 1. The second-order valence-corrected chi connectivity index (χ2v) is 8.33. The molecule has 2 amide bonds. The van der Waals surface area contributed by atoms with Gasteiger partial charge in [-0.1, -0.05) is 32.9 Å². The molecule has 3 N–H and O–H groups in total. The molecule has 5 heteroatoms.